The van der Waals surface area contributed by atoms with Crippen molar-refractivity contribution in [2.45, 2.75) is 58.1 Å². The van der Waals surface area contributed by atoms with Crippen molar-refractivity contribution in [1.82, 2.24) is 9.88 Å². The van der Waals surface area contributed by atoms with Crippen molar-refractivity contribution in [1.29, 1.82) is 0 Å². The van der Waals surface area contributed by atoms with Crippen LogP contribution in [-0.2, 0) is 14.9 Å². The van der Waals surface area contributed by atoms with Crippen molar-refractivity contribution in [3.8, 4) is 0 Å². The molecule has 4 rings (SSSR count). The van der Waals surface area contributed by atoms with Gasteiger partial charge in [0.15, 0.2) is 6.10 Å². The van der Waals surface area contributed by atoms with E-state index < -0.39 is 33.9 Å². The molecule has 3 heterocycles. The summed E-state index contributed by atoms with van der Waals surface area (Å²) in [5.41, 5.74) is 0.227. The third kappa shape index (κ3) is 5.61. The fourth-order valence-electron chi connectivity index (χ4n) is 4.70. The molecular weight excluding hydrogens is 514 g/mol. The number of rotatable bonds is 5. The summed E-state index contributed by atoms with van der Waals surface area (Å²) >= 11 is 1.45. The number of benzene rings is 1. The molecule has 2 aliphatic heterocycles. The number of carbonyl (C=O) groups is 1. The third-order valence-corrected chi connectivity index (χ3v) is 8.00. The highest BCUT2D eigenvalue weighted by molar-refractivity contribution is 7.92. The number of aromatic nitrogens is 1. The van der Waals surface area contributed by atoms with Crippen LogP contribution in [0.25, 0.3) is 0 Å². The van der Waals surface area contributed by atoms with Crippen molar-refractivity contribution < 1.29 is 31.9 Å². The molecule has 36 heavy (non-hydrogen) atoms. The van der Waals surface area contributed by atoms with E-state index >= 15 is 0 Å². The number of hydrogen-bond acceptors (Lipinski definition) is 7. The minimum Gasteiger partial charge on any atom is -0.465 e. The molecule has 0 aliphatic carbocycles. The summed E-state index contributed by atoms with van der Waals surface area (Å²) in [6, 6.07) is 1.65. The Morgan fingerprint density at radius 3 is 2.53 bits per heavy atom. The van der Waals surface area contributed by atoms with Gasteiger partial charge in [-0.05, 0) is 30.4 Å². The zero-order chi connectivity index (χ0) is 26.4. The van der Waals surface area contributed by atoms with Gasteiger partial charge in [0.1, 0.15) is 17.3 Å². The van der Waals surface area contributed by atoms with Crippen LogP contribution in [0.5, 0.6) is 0 Å². The number of likely N-dealkylation sites (tertiary alicyclic amines) is 1. The van der Waals surface area contributed by atoms with Crippen LogP contribution >= 0.6 is 11.3 Å². The molecule has 3 atom stereocenters. The summed E-state index contributed by atoms with van der Waals surface area (Å²) in [4.78, 5) is 23.2. The van der Waals surface area contributed by atoms with Gasteiger partial charge in [-0.2, -0.15) is 0 Å². The summed E-state index contributed by atoms with van der Waals surface area (Å²) in [6.45, 7) is 6.49. The summed E-state index contributed by atoms with van der Waals surface area (Å²) in [7, 11) is -3.69. The fourth-order valence-corrected chi connectivity index (χ4v) is 6.22. The summed E-state index contributed by atoms with van der Waals surface area (Å²) in [5.74, 6) is -1.80. The van der Waals surface area contributed by atoms with E-state index in [0.717, 1.165) is 23.4 Å². The topological polar surface area (TPSA) is 121 Å². The lowest BCUT2D eigenvalue weighted by Gasteiger charge is -2.44. The van der Waals surface area contributed by atoms with Crippen LogP contribution in [0.2, 0.25) is 0 Å². The minimum atomic E-state index is -3.69. The summed E-state index contributed by atoms with van der Waals surface area (Å²) in [6.07, 6.45) is 0.355. The van der Waals surface area contributed by atoms with E-state index in [4.69, 9.17) is 9.82 Å². The van der Waals surface area contributed by atoms with Gasteiger partial charge >= 0.3 is 6.09 Å². The second-order valence-corrected chi connectivity index (χ2v) is 12.9. The number of nitrogens with one attached hydrogen (secondary N) is 1. The maximum absolute atomic E-state index is 14.7. The van der Waals surface area contributed by atoms with Gasteiger partial charge in [-0.25, -0.2) is 27.0 Å². The predicted molar refractivity (Wildman–Crippen MR) is 132 cm³/mol. The minimum absolute atomic E-state index is 0.0899. The SMILES string of the molecule is CC(C)(C)C1CC(c2nc(C3=NOC(c4c(F)cc(NS(C)(=O)=O)cc4F)C3)cs2)CCN1C(=O)O. The Hall–Kier alpha value is -2.80. The molecule has 0 bridgehead atoms. The van der Waals surface area contributed by atoms with Crippen LogP contribution in [0.1, 0.15) is 68.3 Å². The molecule has 2 N–H and O–H groups in total. The Morgan fingerprint density at radius 1 is 1.28 bits per heavy atom. The number of piperidine rings is 1. The van der Waals surface area contributed by atoms with Gasteiger partial charge in [-0.1, -0.05) is 25.9 Å². The van der Waals surface area contributed by atoms with E-state index in [0.29, 0.717) is 30.8 Å². The van der Waals surface area contributed by atoms with E-state index in [1.807, 2.05) is 30.9 Å². The number of nitrogens with zero attached hydrogens (tertiary/aromatic N) is 3. The van der Waals surface area contributed by atoms with Gasteiger partial charge in [-0.3, -0.25) is 4.72 Å². The zero-order valence-electron chi connectivity index (χ0n) is 20.3. The van der Waals surface area contributed by atoms with Crippen LogP contribution in [-0.4, -0.2) is 54.1 Å². The van der Waals surface area contributed by atoms with E-state index in [2.05, 4.69) is 5.16 Å². The van der Waals surface area contributed by atoms with Crippen molar-refractivity contribution in [3.63, 3.8) is 0 Å². The number of oxime groups is 1. The average molecular weight is 543 g/mol. The van der Waals surface area contributed by atoms with E-state index in [1.165, 1.54) is 16.2 Å². The van der Waals surface area contributed by atoms with Gasteiger partial charge in [0.25, 0.3) is 0 Å². The van der Waals surface area contributed by atoms with E-state index in [9.17, 15) is 27.1 Å². The smallest absolute Gasteiger partial charge is 0.407 e. The molecule has 2 aromatic rings. The molecule has 0 spiro atoms. The molecule has 13 heteroatoms. The normalized spacial score (nSPS) is 22.8. The Bertz CT molecular complexity index is 1280. The monoisotopic (exact) mass is 542 g/mol. The van der Waals surface area contributed by atoms with Crippen molar-refractivity contribution >= 4 is 38.9 Å². The predicted octanol–water partition coefficient (Wildman–Crippen LogP) is 4.93. The first-order chi connectivity index (χ1) is 16.7. The van der Waals surface area contributed by atoms with Gasteiger partial charge < -0.3 is 14.8 Å². The Kier molecular flexibility index (Phi) is 6.99. The number of carboxylic acid groups (broad SMARTS) is 1. The molecule has 1 aromatic heterocycles. The first kappa shape index (κ1) is 26.3. The highest BCUT2D eigenvalue weighted by Crippen LogP contribution is 2.41. The summed E-state index contributed by atoms with van der Waals surface area (Å²) < 4.78 is 54.1. The first-order valence-electron chi connectivity index (χ1n) is 11.4. The zero-order valence-corrected chi connectivity index (χ0v) is 21.9. The van der Waals surface area contributed by atoms with Crippen LogP contribution < -0.4 is 4.72 Å². The van der Waals surface area contributed by atoms with Crippen molar-refractivity contribution in [3.05, 3.63) is 45.4 Å². The van der Waals surface area contributed by atoms with Gasteiger partial charge in [0.05, 0.1) is 28.2 Å². The lowest BCUT2D eigenvalue weighted by atomic mass is 9.77. The third-order valence-electron chi connectivity index (χ3n) is 6.39. The van der Waals surface area contributed by atoms with Crippen molar-refractivity contribution in [2.24, 2.45) is 10.6 Å². The number of thiazole rings is 1. The number of amides is 1. The summed E-state index contributed by atoms with van der Waals surface area (Å²) in [5, 5.41) is 16.3. The fraction of sp³-hybridized carbons (Fsp3) is 0.522. The van der Waals surface area contributed by atoms with Crippen LogP contribution in [0.4, 0.5) is 19.3 Å². The van der Waals surface area contributed by atoms with Crippen LogP contribution in [0, 0.1) is 17.0 Å². The molecule has 1 fully saturated rings. The van der Waals surface area contributed by atoms with E-state index in [1.54, 1.807) is 0 Å². The van der Waals surface area contributed by atoms with Crippen LogP contribution in [0.3, 0.4) is 0 Å². The molecule has 3 unspecified atom stereocenters. The maximum Gasteiger partial charge on any atom is 0.407 e. The lowest BCUT2D eigenvalue weighted by Crippen LogP contribution is -2.51. The molecule has 9 nitrogen and oxygen atoms in total. The van der Waals surface area contributed by atoms with E-state index in [-0.39, 0.29) is 35.0 Å². The molecular formula is C23H28F2N4O5S2. The average Bonchev–Trinajstić information content (AvgIpc) is 3.41. The maximum atomic E-state index is 14.7. The van der Waals surface area contributed by atoms with Gasteiger partial charge in [0, 0.05) is 30.3 Å². The molecule has 196 valence electrons. The second-order valence-electron chi connectivity index (χ2n) is 10.2. The number of anilines is 1. The number of hydrogen-bond donors (Lipinski definition) is 2. The molecule has 0 radical (unpaired) electrons. The van der Waals surface area contributed by atoms with Crippen molar-refractivity contribution in [2.75, 3.05) is 17.5 Å². The molecule has 1 saturated heterocycles. The first-order valence-corrected chi connectivity index (χ1v) is 14.1. The highest BCUT2D eigenvalue weighted by Gasteiger charge is 2.40. The Labute approximate surface area is 212 Å². The van der Waals surface area contributed by atoms with Gasteiger partial charge in [0.2, 0.25) is 10.0 Å². The Balaban J connectivity index is 1.47. The largest absolute Gasteiger partial charge is 0.465 e. The van der Waals surface area contributed by atoms with Crippen LogP contribution in [0.15, 0.2) is 22.7 Å². The Morgan fingerprint density at radius 2 is 1.94 bits per heavy atom. The lowest BCUT2D eigenvalue weighted by molar-refractivity contribution is 0.0525. The number of halogens is 2. The standard InChI is InChI=1S/C23H28F2N4O5S2/c1-23(2,3)19-7-12(5-6-29(19)22(30)31)21-26-17(11-35-21)16-10-18(34-27-16)20-14(24)8-13(9-15(20)25)28-36(4,32)33/h8-9,11-12,18-19,28H,5-7,10H2,1-4H3,(H,30,31). The quantitative estimate of drug-likeness (QED) is 0.553. The highest BCUT2D eigenvalue weighted by atomic mass is 32.2. The molecule has 1 amide bonds. The molecule has 1 aromatic carbocycles. The number of sulfonamides is 1. The second kappa shape index (κ2) is 9.58. The molecule has 2 aliphatic rings. The molecule has 0 saturated carbocycles. The van der Waals surface area contributed by atoms with Gasteiger partial charge in [-0.15, -0.1) is 11.3 Å².